The Bertz CT molecular complexity index is 653. The Kier molecular flexibility index (Phi) is 4.84. The first kappa shape index (κ1) is 14.2. The van der Waals surface area contributed by atoms with E-state index in [-0.39, 0.29) is 0 Å². The number of carbonyl (C=O) groups excluding carboxylic acids is 1. The number of amides is 2. The third kappa shape index (κ3) is 3.89. The largest absolute Gasteiger partial charge is 0.428 e. The lowest BCUT2D eigenvalue weighted by atomic mass is 10.3. The summed E-state index contributed by atoms with van der Waals surface area (Å²) in [7, 11) is 0. The van der Waals surface area contributed by atoms with Crippen molar-refractivity contribution < 1.29 is 10.0 Å². The molecule has 0 aliphatic rings. The summed E-state index contributed by atoms with van der Waals surface area (Å²) in [6, 6.07) is 11.9. The molecular weight excluding hydrogens is 274 g/mol. The molecule has 2 N–H and O–H groups in total. The van der Waals surface area contributed by atoms with Gasteiger partial charge in [0.05, 0.1) is 5.36 Å². The maximum absolute atomic E-state index is 11.8. The van der Waals surface area contributed by atoms with E-state index in [4.69, 9.17) is 0 Å². The van der Waals surface area contributed by atoms with Crippen LogP contribution in [0.4, 0.5) is 10.5 Å². The first-order valence-corrected chi connectivity index (χ1v) is 7.13. The topological polar surface area (TPSA) is 66.6 Å². The van der Waals surface area contributed by atoms with E-state index in [1.807, 2.05) is 25.1 Å². The molecule has 1 aromatic heterocycles. The minimum Gasteiger partial charge on any atom is -0.428 e. The molecule has 0 saturated heterocycles. The van der Waals surface area contributed by atoms with Gasteiger partial charge in [-0.3, -0.25) is 0 Å². The monoisotopic (exact) mass is 289 g/mol. The van der Waals surface area contributed by atoms with Crippen molar-refractivity contribution in [2.45, 2.75) is 11.9 Å². The second-order valence-electron chi connectivity index (χ2n) is 3.91. The second-order valence-corrected chi connectivity index (χ2v) is 5.19. The summed E-state index contributed by atoms with van der Waals surface area (Å²) in [6.07, 6.45) is 1.46. The highest BCUT2D eigenvalue weighted by Gasteiger charge is 2.01. The number of pyridine rings is 1. The summed E-state index contributed by atoms with van der Waals surface area (Å²) in [5, 5.41) is 13.4. The molecule has 2 rings (SSSR count). The second kappa shape index (κ2) is 6.81. The molecule has 0 fully saturated rings. The Morgan fingerprint density at radius 3 is 2.80 bits per heavy atom. The number of anilines is 1. The van der Waals surface area contributed by atoms with Crippen molar-refractivity contribution in [3.63, 3.8) is 0 Å². The summed E-state index contributed by atoms with van der Waals surface area (Å²) in [5.74, 6) is 0.820. The van der Waals surface area contributed by atoms with Crippen LogP contribution in [-0.4, -0.2) is 21.7 Å². The molecular formula is C14H15N3O2S. The average Bonchev–Trinajstić information content (AvgIpc) is 2.44. The van der Waals surface area contributed by atoms with Crippen LogP contribution >= 0.6 is 11.8 Å². The number of rotatable bonds is 3. The van der Waals surface area contributed by atoms with E-state index in [0.29, 0.717) is 16.1 Å². The van der Waals surface area contributed by atoms with Gasteiger partial charge in [-0.25, -0.2) is 4.79 Å². The molecule has 2 amide bonds. The van der Waals surface area contributed by atoms with E-state index in [9.17, 15) is 10.0 Å². The maximum atomic E-state index is 11.8. The van der Waals surface area contributed by atoms with Crippen LogP contribution in [0.2, 0.25) is 0 Å². The molecule has 0 bridgehead atoms. The SMILES string of the molecule is CCSc1c/c(=N/C(=O)Nc2ccccc2)ccn1O. The lowest BCUT2D eigenvalue weighted by Crippen LogP contribution is -2.14. The van der Waals surface area contributed by atoms with E-state index in [1.54, 1.807) is 24.3 Å². The zero-order valence-corrected chi connectivity index (χ0v) is 11.8. The first-order valence-electron chi connectivity index (χ1n) is 6.14. The van der Waals surface area contributed by atoms with Gasteiger partial charge in [0.25, 0.3) is 0 Å². The van der Waals surface area contributed by atoms with Crippen LogP contribution in [0, 0.1) is 0 Å². The molecule has 6 heteroatoms. The molecule has 0 radical (unpaired) electrons. The summed E-state index contributed by atoms with van der Waals surface area (Å²) in [6.45, 7) is 1.98. The van der Waals surface area contributed by atoms with Crippen LogP contribution in [0.3, 0.4) is 0 Å². The number of hydrogen-bond donors (Lipinski definition) is 2. The fourth-order valence-electron chi connectivity index (χ4n) is 1.58. The number of urea groups is 1. The highest BCUT2D eigenvalue weighted by Crippen LogP contribution is 2.13. The van der Waals surface area contributed by atoms with E-state index < -0.39 is 6.03 Å². The Hall–Kier alpha value is -2.21. The highest BCUT2D eigenvalue weighted by molar-refractivity contribution is 7.99. The van der Waals surface area contributed by atoms with Gasteiger partial charge in [0.1, 0.15) is 5.03 Å². The van der Waals surface area contributed by atoms with Crippen LogP contribution in [0.25, 0.3) is 0 Å². The Labute approximate surface area is 120 Å². The summed E-state index contributed by atoms with van der Waals surface area (Å²) < 4.78 is 1.02. The molecule has 0 aliphatic carbocycles. The number of hydrogen-bond acceptors (Lipinski definition) is 3. The number of benzene rings is 1. The lowest BCUT2D eigenvalue weighted by molar-refractivity contribution is 0.159. The van der Waals surface area contributed by atoms with Crippen LogP contribution in [0.5, 0.6) is 0 Å². The van der Waals surface area contributed by atoms with Gasteiger partial charge in [0.2, 0.25) is 0 Å². The Balaban J connectivity index is 2.18. The number of nitrogens with zero attached hydrogens (tertiary/aromatic N) is 2. The predicted octanol–water partition coefficient (Wildman–Crippen LogP) is 2.97. The molecule has 0 aliphatic heterocycles. The molecule has 0 unspecified atom stereocenters. The van der Waals surface area contributed by atoms with Crippen LogP contribution in [-0.2, 0) is 0 Å². The number of thioether (sulfide) groups is 1. The van der Waals surface area contributed by atoms with Crippen LogP contribution in [0.15, 0.2) is 58.7 Å². The van der Waals surface area contributed by atoms with Crippen molar-refractivity contribution in [2.75, 3.05) is 11.1 Å². The first-order chi connectivity index (χ1) is 9.69. The molecule has 0 saturated carbocycles. The summed E-state index contributed by atoms with van der Waals surface area (Å²) in [5.41, 5.74) is 0.692. The molecule has 5 nitrogen and oxygen atoms in total. The van der Waals surface area contributed by atoms with Crippen molar-refractivity contribution in [1.82, 2.24) is 4.73 Å². The third-order valence-corrected chi connectivity index (χ3v) is 3.32. The molecule has 0 atom stereocenters. The zero-order chi connectivity index (χ0) is 14.4. The van der Waals surface area contributed by atoms with Crippen molar-refractivity contribution >= 4 is 23.5 Å². The van der Waals surface area contributed by atoms with E-state index in [1.165, 1.54) is 18.0 Å². The Morgan fingerprint density at radius 1 is 1.35 bits per heavy atom. The zero-order valence-electron chi connectivity index (χ0n) is 11.0. The van der Waals surface area contributed by atoms with Crippen molar-refractivity contribution in [1.29, 1.82) is 0 Å². The Morgan fingerprint density at radius 2 is 2.10 bits per heavy atom. The fourth-order valence-corrected chi connectivity index (χ4v) is 2.27. The number of carbonyl (C=O) groups is 1. The van der Waals surface area contributed by atoms with Crippen molar-refractivity contribution in [3.05, 3.63) is 54.0 Å². The predicted molar refractivity (Wildman–Crippen MR) is 79.0 cm³/mol. The summed E-state index contributed by atoms with van der Waals surface area (Å²) >= 11 is 1.47. The molecule has 1 aromatic carbocycles. The van der Waals surface area contributed by atoms with Crippen molar-refractivity contribution in [3.8, 4) is 0 Å². The van der Waals surface area contributed by atoms with Gasteiger partial charge in [-0.15, -0.1) is 11.8 Å². The van der Waals surface area contributed by atoms with Gasteiger partial charge in [-0.1, -0.05) is 25.1 Å². The van der Waals surface area contributed by atoms with Crippen LogP contribution in [0.1, 0.15) is 6.92 Å². The van der Waals surface area contributed by atoms with E-state index in [0.717, 1.165) is 10.5 Å². The molecule has 1 heterocycles. The fraction of sp³-hybridized carbons (Fsp3) is 0.143. The highest BCUT2D eigenvalue weighted by atomic mass is 32.2. The molecule has 104 valence electrons. The lowest BCUT2D eigenvalue weighted by Gasteiger charge is -2.04. The van der Waals surface area contributed by atoms with Crippen molar-refractivity contribution in [2.24, 2.45) is 4.99 Å². The summed E-state index contributed by atoms with van der Waals surface area (Å²) in [4.78, 5) is 15.7. The molecule has 20 heavy (non-hydrogen) atoms. The number of nitrogens with one attached hydrogen (secondary N) is 1. The smallest absolute Gasteiger partial charge is 0.345 e. The quantitative estimate of drug-likeness (QED) is 0.674. The van der Waals surface area contributed by atoms with E-state index in [2.05, 4.69) is 10.3 Å². The molecule has 2 aromatic rings. The van der Waals surface area contributed by atoms with E-state index >= 15 is 0 Å². The van der Waals surface area contributed by atoms with Gasteiger partial charge in [0, 0.05) is 11.9 Å². The third-order valence-electron chi connectivity index (χ3n) is 2.43. The van der Waals surface area contributed by atoms with Gasteiger partial charge >= 0.3 is 6.03 Å². The van der Waals surface area contributed by atoms with Gasteiger partial charge in [-0.2, -0.15) is 9.72 Å². The number of aromatic nitrogens is 1. The normalized spacial score (nSPS) is 11.3. The molecule has 0 spiro atoms. The maximum Gasteiger partial charge on any atom is 0.345 e. The van der Waals surface area contributed by atoms with Gasteiger partial charge in [0.15, 0.2) is 0 Å². The van der Waals surface area contributed by atoms with Crippen LogP contribution < -0.4 is 10.7 Å². The minimum absolute atomic E-state index is 0.445. The van der Waals surface area contributed by atoms with Gasteiger partial charge in [-0.05, 0) is 30.0 Å². The average molecular weight is 289 g/mol. The standard InChI is InChI=1S/C14H15N3O2S/c1-2-20-13-10-12(8-9-17(13)19)16-14(18)15-11-6-4-3-5-7-11/h3-10,19H,2H2,1H3,(H,15,18)/b16-12+. The van der Waals surface area contributed by atoms with Gasteiger partial charge < -0.3 is 10.5 Å². The number of para-hydroxylation sites is 1. The minimum atomic E-state index is -0.445.